The van der Waals surface area contributed by atoms with Crippen LogP contribution in [0.15, 0.2) is 48.8 Å². The van der Waals surface area contributed by atoms with E-state index in [1.165, 1.54) is 4.90 Å². The van der Waals surface area contributed by atoms with E-state index in [4.69, 9.17) is 4.74 Å². The van der Waals surface area contributed by atoms with E-state index in [0.717, 1.165) is 24.2 Å². The SMILES string of the molecule is CCC(C)C1NCCOc2ccccc2CCCNC(=O)C(c2ccncc2)NC(=O)CN(C)C1=O. The number of likely N-dealkylation sites (N-methyl/N-ethyl adjacent to an activating group) is 1. The molecule has 0 bridgehead atoms. The third-order valence-electron chi connectivity index (χ3n) is 6.46. The summed E-state index contributed by atoms with van der Waals surface area (Å²) < 4.78 is 6.03. The van der Waals surface area contributed by atoms with Gasteiger partial charge in [0.25, 0.3) is 0 Å². The van der Waals surface area contributed by atoms with Crippen LogP contribution < -0.4 is 20.7 Å². The number of hydrogen-bond donors (Lipinski definition) is 3. The first-order chi connectivity index (χ1) is 17.4. The van der Waals surface area contributed by atoms with Gasteiger partial charge in [-0.3, -0.25) is 19.4 Å². The number of nitrogens with zero attached hydrogens (tertiary/aromatic N) is 2. The van der Waals surface area contributed by atoms with Crippen LogP contribution in [0.4, 0.5) is 0 Å². The highest BCUT2D eigenvalue weighted by Crippen LogP contribution is 2.20. The molecule has 0 saturated carbocycles. The molecule has 0 radical (unpaired) electrons. The molecule has 0 saturated heterocycles. The van der Waals surface area contributed by atoms with Gasteiger partial charge in [0, 0.05) is 32.5 Å². The smallest absolute Gasteiger partial charge is 0.247 e. The van der Waals surface area contributed by atoms with Gasteiger partial charge >= 0.3 is 0 Å². The maximum atomic E-state index is 13.3. The second-order valence-corrected chi connectivity index (χ2v) is 9.14. The topological polar surface area (TPSA) is 113 Å². The highest BCUT2D eigenvalue weighted by Gasteiger charge is 2.29. The Morgan fingerprint density at radius 2 is 1.86 bits per heavy atom. The normalized spacial score (nSPS) is 21.8. The monoisotopic (exact) mass is 495 g/mol. The van der Waals surface area contributed by atoms with Crippen molar-refractivity contribution in [3.63, 3.8) is 0 Å². The fourth-order valence-corrected chi connectivity index (χ4v) is 4.18. The summed E-state index contributed by atoms with van der Waals surface area (Å²) in [7, 11) is 1.60. The minimum atomic E-state index is -0.887. The highest BCUT2D eigenvalue weighted by atomic mass is 16.5. The van der Waals surface area contributed by atoms with Gasteiger partial charge in [0.1, 0.15) is 18.4 Å². The molecule has 1 aliphatic rings. The quantitative estimate of drug-likeness (QED) is 0.599. The van der Waals surface area contributed by atoms with Crippen LogP contribution in [0.5, 0.6) is 5.75 Å². The first-order valence-corrected chi connectivity index (χ1v) is 12.6. The Kier molecular flexibility index (Phi) is 10.2. The van der Waals surface area contributed by atoms with E-state index in [2.05, 4.69) is 20.9 Å². The molecule has 194 valence electrons. The third-order valence-corrected chi connectivity index (χ3v) is 6.46. The summed E-state index contributed by atoms with van der Waals surface area (Å²) in [4.78, 5) is 44.6. The molecular formula is C27H37N5O4. The summed E-state index contributed by atoms with van der Waals surface area (Å²) in [5.41, 5.74) is 1.68. The van der Waals surface area contributed by atoms with Crippen LogP contribution in [0, 0.1) is 5.92 Å². The van der Waals surface area contributed by atoms with Gasteiger partial charge in [0.2, 0.25) is 17.7 Å². The van der Waals surface area contributed by atoms with Crippen LogP contribution in [0.25, 0.3) is 0 Å². The number of aryl methyl sites for hydroxylation is 1. The summed E-state index contributed by atoms with van der Waals surface area (Å²) in [6, 6.07) is 9.90. The van der Waals surface area contributed by atoms with Gasteiger partial charge in [-0.2, -0.15) is 0 Å². The van der Waals surface area contributed by atoms with Gasteiger partial charge in [-0.05, 0) is 48.1 Å². The molecule has 2 heterocycles. The molecule has 36 heavy (non-hydrogen) atoms. The lowest BCUT2D eigenvalue weighted by Gasteiger charge is -2.29. The highest BCUT2D eigenvalue weighted by molar-refractivity contribution is 5.91. The van der Waals surface area contributed by atoms with Crippen LogP contribution in [0.1, 0.15) is 43.9 Å². The van der Waals surface area contributed by atoms with Crippen LogP contribution in [0.2, 0.25) is 0 Å². The number of benzene rings is 1. The molecule has 2 aromatic rings. The van der Waals surface area contributed by atoms with Gasteiger partial charge in [-0.25, -0.2) is 0 Å². The van der Waals surface area contributed by atoms with Gasteiger partial charge < -0.3 is 25.6 Å². The minimum absolute atomic E-state index is 0.0660. The number of nitrogens with one attached hydrogen (secondary N) is 3. The Bertz CT molecular complexity index is 1020. The average molecular weight is 496 g/mol. The summed E-state index contributed by atoms with van der Waals surface area (Å²) >= 11 is 0. The lowest BCUT2D eigenvalue weighted by atomic mass is 9.98. The van der Waals surface area contributed by atoms with Crippen molar-refractivity contribution < 1.29 is 19.1 Å². The first-order valence-electron chi connectivity index (χ1n) is 12.6. The van der Waals surface area contributed by atoms with Crippen molar-refractivity contribution >= 4 is 17.7 Å². The zero-order valence-electron chi connectivity index (χ0n) is 21.3. The molecule has 9 heteroatoms. The van der Waals surface area contributed by atoms with E-state index in [1.807, 2.05) is 38.1 Å². The Morgan fingerprint density at radius 1 is 1.11 bits per heavy atom. The number of fused-ring (bicyclic) bond motifs is 1. The molecule has 0 spiro atoms. The molecule has 1 aromatic heterocycles. The average Bonchev–Trinajstić information content (AvgIpc) is 2.89. The molecule has 3 amide bonds. The van der Waals surface area contributed by atoms with Crippen molar-refractivity contribution in [2.75, 3.05) is 33.3 Å². The van der Waals surface area contributed by atoms with Crippen molar-refractivity contribution in [2.45, 2.75) is 45.2 Å². The molecule has 3 atom stereocenters. The number of carbonyl (C=O) groups excluding carboxylic acids is 3. The summed E-state index contributed by atoms with van der Waals surface area (Å²) in [5, 5.41) is 9.05. The Balaban J connectivity index is 1.83. The summed E-state index contributed by atoms with van der Waals surface area (Å²) in [5.74, 6) is -0.0307. The Morgan fingerprint density at radius 3 is 2.61 bits per heavy atom. The molecule has 1 aliphatic heterocycles. The number of hydrogen-bond acceptors (Lipinski definition) is 6. The molecule has 1 aromatic carbocycles. The molecule has 0 aliphatic carbocycles. The number of pyridine rings is 1. The Labute approximate surface area is 213 Å². The third kappa shape index (κ3) is 7.52. The van der Waals surface area contributed by atoms with E-state index in [0.29, 0.717) is 31.7 Å². The molecular weight excluding hydrogens is 458 g/mol. The zero-order chi connectivity index (χ0) is 25.9. The van der Waals surface area contributed by atoms with Crippen molar-refractivity contribution in [2.24, 2.45) is 5.92 Å². The maximum absolute atomic E-state index is 13.3. The van der Waals surface area contributed by atoms with E-state index in [1.54, 1.807) is 31.6 Å². The van der Waals surface area contributed by atoms with E-state index in [9.17, 15) is 14.4 Å². The number of carbonyl (C=O) groups is 3. The number of rotatable bonds is 3. The van der Waals surface area contributed by atoms with Crippen LogP contribution >= 0.6 is 0 Å². The largest absolute Gasteiger partial charge is 0.492 e. The fraction of sp³-hybridized carbons (Fsp3) is 0.481. The second-order valence-electron chi connectivity index (χ2n) is 9.14. The second kappa shape index (κ2) is 13.6. The summed E-state index contributed by atoms with van der Waals surface area (Å²) in [6.45, 7) is 5.23. The predicted octanol–water partition coefficient (Wildman–Crippen LogP) is 1.84. The van der Waals surface area contributed by atoms with Gasteiger partial charge in [0.05, 0.1) is 12.6 Å². The van der Waals surface area contributed by atoms with Crippen molar-refractivity contribution in [3.05, 3.63) is 59.9 Å². The van der Waals surface area contributed by atoms with Crippen LogP contribution in [-0.2, 0) is 20.8 Å². The number of ether oxygens (including phenoxy) is 1. The van der Waals surface area contributed by atoms with Crippen molar-refractivity contribution in [1.82, 2.24) is 25.8 Å². The first kappa shape index (κ1) is 27.1. The standard InChI is InChI=1S/C27H37N5O4/c1-4-19(2)24-27(35)32(3)18-23(33)31-25(21-11-14-28-15-12-21)26(34)30-13-7-9-20-8-5-6-10-22(20)36-17-16-29-24/h5-6,8,10-12,14-15,19,24-25,29H,4,7,9,13,16-18H2,1-3H3,(H,30,34)(H,31,33). The van der Waals surface area contributed by atoms with E-state index >= 15 is 0 Å². The molecule has 3 unspecified atom stereocenters. The van der Waals surface area contributed by atoms with Crippen molar-refractivity contribution in [1.29, 1.82) is 0 Å². The van der Waals surface area contributed by atoms with E-state index < -0.39 is 18.0 Å². The van der Waals surface area contributed by atoms with Gasteiger partial charge in [-0.15, -0.1) is 0 Å². The fourth-order valence-electron chi connectivity index (χ4n) is 4.18. The lowest BCUT2D eigenvalue weighted by Crippen LogP contribution is -2.52. The zero-order valence-corrected chi connectivity index (χ0v) is 21.3. The number of para-hydroxylation sites is 1. The Hall–Kier alpha value is -3.46. The predicted molar refractivity (Wildman–Crippen MR) is 137 cm³/mol. The number of amides is 3. The van der Waals surface area contributed by atoms with Crippen LogP contribution in [-0.4, -0.2) is 66.9 Å². The molecule has 3 N–H and O–H groups in total. The summed E-state index contributed by atoms with van der Waals surface area (Å²) in [6.07, 6.45) is 5.41. The minimum Gasteiger partial charge on any atom is -0.492 e. The van der Waals surface area contributed by atoms with Gasteiger partial charge in [-0.1, -0.05) is 38.5 Å². The van der Waals surface area contributed by atoms with Gasteiger partial charge in [0.15, 0.2) is 0 Å². The molecule has 0 fully saturated rings. The lowest BCUT2D eigenvalue weighted by molar-refractivity contribution is -0.138. The maximum Gasteiger partial charge on any atom is 0.247 e. The van der Waals surface area contributed by atoms with Crippen molar-refractivity contribution in [3.8, 4) is 5.75 Å². The van der Waals surface area contributed by atoms with E-state index in [-0.39, 0.29) is 24.3 Å². The molecule has 9 nitrogen and oxygen atoms in total. The van der Waals surface area contributed by atoms with Crippen LogP contribution in [0.3, 0.4) is 0 Å². The number of aromatic nitrogens is 1. The molecule has 3 rings (SSSR count).